The summed E-state index contributed by atoms with van der Waals surface area (Å²) in [6.07, 6.45) is 6.58. The van der Waals surface area contributed by atoms with E-state index in [2.05, 4.69) is 6.08 Å². The van der Waals surface area contributed by atoms with Crippen LogP contribution < -0.4 is 4.90 Å². The van der Waals surface area contributed by atoms with E-state index in [1.807, 2.05) is 31.2 Å². The first-order valence-electron chi connectivity index (χ1n) is 8.84. The van der Waals surface area contributed by atoms with Crippen molar-refractivity contribution >= 4 is 46.4 Å². The highest BCUT2D eigenvalue weighted by molar-refractivity contribution is 6.40. The fourth-order valence-electron chi connectivity index (χ4n) is 3.27. The number of methoxy groups -OCH3 is 1. The second-order valence-electron chi connectivity index (χ2n) is 6.58. The molecule has 0 aromatic heterocycles. The third kappa shape index (κ3) is 4.28. The highest BCUT2D eigenvalue weighted by Crippen LogP contribution is 2.36. The average molecular weight is 437 g/mol. The Labute approximate surface area is 180 Å². The molecular formula is C22H20Cl3NO2. The van der Waals surface area contributed by atoms with E-state index in [4.69, 9.17) is 39.5 Å². The van der Waals surface area contributed by atoms with Crippen LogP contribution in [0.5, 0.6) is 0 Å². The number of carbonyl (C=O) groups excluding carboxylic acids is 1. The van der Waals surface area contributed by atoms with E-state index in [1.165, 1.54) is 0 Å². The van der Waals surface area contributed by atoms with Crippen molar-refractivity contribution in [2.24, 2.45) is 5.92 Å². The molecule has 0 aliphatic heterocycles. The second-order valence-corrected chi connectivity index (χ2v) is 7.81. The van der Waals surface area contributed by atoms with Crippen LogP contribution in [0.15, 0.2) is 60.3 Å². The van der Waals surface area contributed by atoms with Gasteiger partial charge in [0.2, 0.25) is 0 Å². The summed E-state index contributed by atoms with van der Waals surface area (Å²) in [5.41, 5.74) is 2.60. The fraction of sp³-hybridized carbons (Fsp3) is 0.227. The number of halogens is 3. The molecule has 0 radical (unpaired) electrons. The molecular weight excluding hydrogens is 417 g/mol. The van der Waals surface area contributed by atoms with Gasteiger partial charge in [-0.05, 0) is 49.2 Å². The van der Waals surface area contributed by atoms with Crippen molar-refractivity contribution in [1.82, 2.24) is 0 Å². The van der Waals surface area contributed by atoms with Crippen LogP contribution in [-0.4, -0.2) is 19.6 Å². The first-order valence-corrected chi connectivity index (χ1v) is 9.97. The van der Waals surface area contributed by atoms with Gasteiger partial charge in [0.25, 0.3) is 5.91 Å². The van der Waals surface area contributed by atoms with Crippen LogP contribution in [0.25, 0.3) is 0 Å². The number of anilines is 1. The molecule has 0 bridgehead atoms. The molecule has 0 N–H and O–H groups in total. The fourth-order valence-corrected chi connectivity index (χ4v) is 4.00. The molecule has 0 saturated heterocycles. The van der Waals surface area contributed by atoms with Gasteiger partial charge in [0.1, 0.15) is 0 Å². The molecule has 0 spiro atoms. The van der Waals surface area contributed by atoms with E-state index in [9.17, 15) is 4.79 Å². The molecule has 1 atom stereocenters. The van der Waals surface area contributed by atoms with Crippen LogP contribution >= 0.6 is 34.8 Å². The minimum Gasteiger partial charge on any atom is -0.384 e. The second kappa shape index (κ2) is 9.15. The minimum absolute atomic E-state index is 0.168. The first kappa shape index (κ1) is 20.9. The summed E-state index contributed by atoms with van der Waals surface area (Å²) in [4.78, 5) is 15.3. The molecule has 3 nitrogen and oxygen atoms in total. The number of nitrogens with zero attached hydrogens (tertiary/aromatic N) is 1. The summed E-state index contributed by atoms with van der Waals surface area (Å²) in [6.45, 7) is 2.45. The van der Waals surface area contributed by atoms with E-state index in [0.29, 0.717) is 33.8 Å². The molecule has 6 heteroatoms. The van der Waals surface area contributed by atoms with Crippen molar-refractivity contribution in [3.05, 3.63) is 86.5 Å². The van der Waals surface area contributed by atoms with E-state index < -0.39 is 0 Å². The normalized spacial score (nSPS) is 16.0. The Balaban J connectivity index is 2.13. The molecule has 0 saturated carbocycles. The lowest BCUT2D eigenvalue weighted by Crippen LogP contribution is -2.33. The van der Waals surface area contributed by atoms with Crippen molar-refractivity contribution < 1.29 is 9.53 Å². The predicted molar refractivity (Wildman–Crippen MR) is 117 cm³/mol. The minimum atomic E-state index is -0.293. The van der Waals surface area contributed by atoms with Gasteiger partial charge in [-0.15, -0.1) is 0 Å². The summed E-state index contributed by atoms with van der Waals surface area (Å²) < 4.78 is 5.30. The van der Waals surface area contributed by atoms with Crippen LogP contribution in [0.3, 0.4) is 0 Å². The van der Waals surface area contributed by atoms with Crippen LogP contribution in [-0.2, 0) is 4.74 Å². The van der Waals surface area contributed by atoms with Gasteiger partial charge < -0.3 is 4.74 Å². The molecule has 2 aromatic carbocycles. The van der Waals surface area contributed by atoms with Gasteiger partial charge in [-0.2, -0.15) is 0 Å². The Hall–Kier alpha value is -1.78. The van der Waals surface area contributed by atoms with Gasteiger partial charge >= 0.3 is 0 Å². The molecule has 1 unspecified atom stereocenters. The Morgan fingerprint density at radius 3 is 2.43 bits per heavy atom. The zero-order valence-corrected chi connectivity index (χ0v) is 17.9. The number of rotatable bonds is 5. The molecule has 28 heavy (non-hydrogen) atoms. The van der Waals surface area contributed by atoms with Crippen LogP contribution in [0.4, 0.5) is 5.69 Å². The molecule has 2 aromatic rings. The maximum absolute atomic E-state index is 13.6. The Kier molecular flexibility index (Phi) is 6.84. The van der Waals surface area contributed by atoms with E-state index in [0.717, 1.165) is 11.3 Å². The standard InChI is InChI=1S/C22H20Cl3NO2/c1-14-17(23)8-5-11-20(14)26(16-7-3-6-15(12-16)13-28-2)22(27)21-18(24)9-4-10-19(21)25/h3-11,15H,12-13H2,1-2H3. The van der Waals surface area contributed by atoms with Gasteiger partial charge in [-0.25, -0.2) is 0 Å². The Morgan fingerprint density at radius 2 is 1.75 bits per heavy atom. The monoisotopic (exact) mass is 435 g/mol. The van der Waals surface area contributed by atoms with E-state index >= 15 is 0 Å². The lowest BCUT2D eigenvalue weighted by Gasteiger charge is -2.31. The van der Waals surface area contributed by atoms with Crippen LogP contribution in [0.1, 0.15) is 22.3 Å². The zero-order valence-electron chi connectivity index (χ0n) is 15.6. The van der Waals surface area contributed by atoms with Gasteiger partial charge in [0.05, 0.1) is 27.9 Å². The number of ether oxygens (including phenoxy) is 1. The lowest BCUT2D eigenvalue weighted by atomic mass is 9.97. The molecule has 1 aliphatic rings. The van der Waals surface area contributed by atoms with Crippen molar-refractivity contribution in [2.75, 3.05) is 18.6 Å². The molecule has 1 amide bonds. The maximum Gasteiger partial charge on any atom is 0.265 e. The van der Waals surface area contributed by atoms with Gasteiger partial charge in [-0.3, -0.25) is 9.69 Å². The largest absolute Gasteiger partial charge is 0.384 e. The number of hydrogen-bond acceptors (Lipinski definition) is 2. The average Bonchev–Trinajstić information content (AvgIpc) is 2.66. The van der Waals surface area contributed by atoms with E-state index in [-0.39, 0.29) is 17.4 Å². The summed E-state index contributed by atoms with van der Waals surface area (Å²) >= 11 is 19.0. The van der Waals surface area contributed by atoms with Gasteiger partial charge in [-0.1, -0.05) is 59.1 Å². The number of hydrogen-bond donors (Lipinski definition) is 0. The number of allylic oxidation sites excluding steroid dienone is 3. The van der Waals surface area contributed by atoms with Crippen molar-refractivity contribution in [1.29, 1.82) is 0 Å². The third-order valence-electron chi connectivity index (χ3n) is 4.67. The number of amides is 1. The molecule has 3 rings (SSSR count). The Morgan fingerprint density at radius 1 is 1.11 bits per heavy atom. The van der Waals surface area contributed by atoms with E-state index in [1.54, 1.807) is 36.3 Å². The summed E-state index contributed by atoms with van der Waals surface area (Å²) in [5, 5.41) is 1.20. The summed E-state index contributed by atoms with van der Waals surface area (Å²) in [5.74, 6) is -0.125. The number of benzene rings is 2. The predicted octanol–water partition coefficient (Wildman–Crippen LogP) is 6.71. The first-order chi connectivity index (χ1) is 13.4. The van der Waals surface area contributed by atoms with Crippen molar-refractivity contribution in [3.63, 3.8) is 0 Å². The maximum atomic E-state index is 13.6. The Bertz CT molecular complexity index is 933. The highest BCUT2D eigenvalue weighted by Gasteiger charge is 2.29. The molecule has 1 aliphatic carbocycles. The van der Waals surface area contributed by atoms with Gasteiger partial charge in [0, 0.05) is 23.7 Å². The third-order valence-corrected chi connectivity index (χ3v) is 5.71. The van der Waals surface area contributed by atoms with Crippen LogP contribution in [0, 0.1) is 12.8 Å². The molecule has 0 fully saturated rings. The summed E-state index contributed by atoms with van der Waals surface area (Å²) in [7, 11) is 1.67. The molecule has 146 valence electrons. The van der Waals surface area contributed by atoms with Crippen LogP contribution in [0.2, 0.25) is 15.1 Å². The van der Waals surface area contributed by atoms with Gasteiger partial charge in [0.15, 0.2) is 0 Å². The smallest absolute Gasteiger partial charge is 0.265 e. The number of carbonyl (C=O) groups is 1. The molecule has 0 heterocycles. The van der Waals surface area contributed by atoms with Crippen molar-refractivity contribution in [3.8, 4) is 0 Å². The lowest BCUT2D eigenvalue weighted by molar-refractivity contribution is 0.0992. The zero-order chi connectivity index (χ0) is 20.3. The highest BCUT2D eigenvalue weighted by atomic mass is 35.5. The SMILES string of the molecule is COCC1C=CC=C(N(C(=O)c2c(Cl)cccc2Cl)c2cccc(Cl)c2C)C1. The quantitative estimate of drug-likeness (QED) is 0.521. The topological polar surface area (TPSA) is 29.5 Å². The van der Waals surface area contributed by atoms with Crippen molar-refractivity contribution in [2.45, 2.75) is 13.3 Å². The summed E-state index contributed by atoms with van der Waals surface area (Å²) in [6, 6.07) is 10.5.